The molecule has 0 aliphatic carbocycles. The third-order valence-corrected chi connectivity index (χ3v) is 7.07. The van der Waals surface area contributed by atoms with Crippen LogP contribution in [0.1, 0.15) is 37.3 Å². The Bertz CT molecular complexity index is 1040. The molecule has 3 aromatic rings. The summed E-state index contributed by atoms with van der Waals surface area (Å²) in [6.07, 6.45) is 6.43. The fourth-order valence-electron chi connectivity index (χ4n) is 4.10. The van der Waals surface area contributed by atoms with E-state index in [1.54, 1.807) is 18.3 Å². The van der Waals surface area contributed by atoms with Gasteiger partial charge < -0.3 is 0 Å². The Hall–Kier alpha value is -2.28. The van der Waals surface area contributed by atoms with Gasteiger partial charge in [-0.2, -0.15) is 0 Å². The van der Waals surface area contributed by atoms with Crippen LogP contribution in [-0.2, 0) is 10.0 Å². The van der Waals surface area contributed by atoms with Gasteiger partial charge >= 0.3 is 0 Å². The predicted octanol–water partition coefficient (Wildman–Crippen LogP) is 4.13. The largest absolute Gasteiger partial charge is 0.295 e. The topological polar surface area (TPSA) is 62.3 Å². The maximum Gasteiger partial charge on any atom is 0.242 e. The van der Waals surface area contributed by atoms with Crippen LogP contribution in [-0.4, -0.2) is 37.9 Å². The summed E-state index contributed by atoms with van der Waals surface area (Å²) in [5.74, 6) is 0. The lowest BCUT2D eigenvalue weighted by molar-refractivity contribution is 0.206. The minimum Gasteiger partial charge on any atom is -0.295 e. The zero-order valence-corrected chi connectivity index (χ0v) is 17.3. The molecule has 2 heterocycles. The van der Waals surface area contributed by atoms with Gasteiger partial charge in [0.25, 0.3) is 0 Å². The van der Waals surface area contributed by atoms with E-state index >= 15 is 0 Å². The van der Waals surface area contributed by atoms with E-state index in [0.29, 0.717) is 12.1 Å². The van der Waals surface area contributed by atoms with Crippen molar-refractivity contribution in [3.8, 4) is 0 Å². The van der Waals surface area contributed by atoms with Gasteiger partial charge in [-0.3, -0.25) is 9.88 Å². The first-order valence-electron chi connectivity index (χ1n) is 10.3. The molecule has 1 unspecified atom stereocenters. The molecule has 29 heavy (non-hydrogen) atoms. The second-order valence-electron chi connectivity index (χ2n) is 7.56. The maximum atomic E-state index is 13.2. The van der Waals surface area contributed by atoms with Crippen LogP contribution in [0.15, 0.2) is 71.8 Å². The number of hydrogen-bond acceptors (Lipinski definition) is 4. The average Bonchev–Trinajstić information content (AvgIpc) is 3.04. The molecular formula is C23H27N3O2S. The van der Waals surface area contributed by atoms with E-state index in [4.69, 9.17) is 0 Å². The molecule has 4 rings (SSSR count). The van der Waals surface area contributed by atoms with Crippen LogP contribution in [0.2, 0.25) is 0 Å². The van der Waals surface area contributed by atoms with Crippen molar-refractivity contribution in [3.63, 3.8) is 0 Å². The van der Waals surface area contributed by atoms with Crippen molar-refractivity contribution in [1.29, 1.82) is 0 Å². The van der Waals surface area contributed by atoms with Gasteiger partial charge in [0.15, 0.2) is 0 Å². The molecule has 0 bridgehead atoms. The van der Waals surface area contributed by atoms with E-state index in [9.17, 15) is 8.42 Å². The summed E-state index contributed by atoms with van der Waals surface area (Å²) in [5, 5.41) is 0.822. The van der Waals surface area contributed by atoms with E-state index in [1.807, 2.05) is 36.4 Å². The number of sulfonamides is 1. The number of fused-ring (bicyclic) bond motifs is 1. The molecule has 1 saturated heterocycles. The number of likely N-dealkylation sites (tertiary alicyclic amines) is 1. The minimum absolute atomic E-state index is 0.0204. The molecule has 1 fully saturated rings. The highest BCUT2D eigenvalue weighted by molar-refractivity contribution is 7.89. The number of nitrogens with zero attached hydrogens (tertiary/aromatic N) is 2. The second kappa shape index (κ2) is 9.03. The summed E-state index contributed by atoms with van der Waals surface area (Å²) in [7, 11) is -3.68. The van der Waals surface area contributed by atoms with Crippen LogP contribution in [0.5, 0.6) is 0 Å². The number of hydrogen-bond donors (Lipinski definition) is 1. The molecule has 0 spiro atoms. The first kappa shape index (κ1) is 20.0. The monoisotopic (exact) mass is 409 g/mol. The fraction of sp³-hybridized carbons (Fsp3) is 0.348. The smallest absolute Gasteiger partial charge is 0.242 e. The Morgan fingerprint density at radius 2 is 1.62 bits per heavy atom. The minimum atomic E-state index is -3.68. The van der Waals surface area contributed by atoms with E-state index < -0.39 is 10.0 Å². The summed E-state index contributed by atoms with van der Waals surface area (Å²) in [4.78, 5) is 6.96. The van der Waals surface area contributed by atoms with Crippen LogP contribution in [0, 0.1) is 0 Å². The van der Waals surface area contributed by atoms with Gasteiger partial charge in [0.2, 0.25) is 10.0 Å². The van der Waals surface area contributed by atoms with Crippen LogP contribution in [0.3, 0.4) is 0 Å². The quantitative estimate of drug-likeness (QED) is 0.665. The van der Waals surface area contributed by atoms with Crippen molar-refractivity contribution in [2.45, 2.75) is 36.6 Å². The number of benzene rings is 2. The molecule has 0 radical (unpaired) electrons. The van der Waals surface area contributed by atoms with Crippen molar-refractivity contribution >= 4 is 20.9 Å². The average molecular weight is 410 g/mol. The molecule has 152 valence electrons. The van der Waals surface area contributed by atoms with Crippen molar-refractivity contribution in [2.24, 2.45) is 0 Å². The van der Waals surface area contributed by atoms with E-state index in [0.717, 1.165) is 36.9 Å². The zero-order chi connectivity index (χ0) is 20.1. The van der Waals surface area contributed by atoms with E-state index in [-0.39, 0.29) is 10.9 Å². The summed E-state index contributed by atoms with van der Waals surface area (Å²) in [5.41, 5.74) is 1.65. The number of pyridine rings is 1. The molecule has 1 aromatic heterocycles. The summed E-state index contributed by atoms with van der Waals surface area (Å²) >= 11 is 0. The van der Waals surface area contributed by atoms with Gasteiger partial charge in [0, 0.05) is 24.2 Å². The van der Waals surface area contributed by atoms with Crippen LogP contribution in [0.25, 0.3) is 10.9 Å². The predicted molar refractivity (Wildman–Crippen MR) is 116 cm³/mol. The summed E-state index contributed by atoms with van der Waals surface area (Å²) < 4.78 is 29.2. The summed E-state index contributed by atoms with van der Waals surface area (Å²) in [6.45, 7) is 2.34. The molecule has 1 aliphatic heterocycles. The third-order valence-electron chi connectivity index (χ3n) is 5.62. The summed E-state index contributed by atoms with van der Waals surface area (Å²) in [6, 6.07) is 19.2. The lowest BCUT2D eigenvalue weighted by atomic mass is 10.1. The van der Waals surface area contributed by atoms with E-state index in [2.05, 4.69) is 26.7 Å². The molecule has 2 aromatic carbocycles. The van der Waals surface area contributed by atoms with Gasteiger partial charge in [-0.25, -0.2) is 13.1 Å². The highest BCUT2D eigenvalue weighted by atomic mass is 32.2. The highest BCUT2D eigenvalue weighted by Crippen LogP contribution is 2.25. The van der Waals surface area contributed by atoms with Gasteiger partial charge in [-0.15, -0.1) is 0 Å². The first-order valence-corrected chi connectivity index (χ1v) is 11.8. The number of para-hydroxylation sites is 1. The van der Waals surface area contributed by atoms with Crippen molar-refractivity contribution in [3.05, 3.63) is 72.4 Å². The molecule has 6 heteroatoms. The second-order valence-corrected chi connectivity index (χ2v) is 9.30. The first-order chi connectivity index (χ1) is 14.1. The van der Waals surface area contributed by atoms with Crippen molar-refractivity contribution < 1.29 is 8.42 Å². The molecular weight excluding hydrogens is 382 g/mol. The Balaban J connectivity index is 1.60. The fourth-order valence-corrected chi connectivity index (χ4v) is 5.31. The maximum absolute atomic E-state index is 13.2. The van der Waals surface area contributed by atoms with Crippen molar-refractivity contribution in [1.82, 2.24) is 14.6 Å². The molecule has 0 amide bonds. The molecule has 5 nitrogen and oxygen atoms in total. The number of nitrogens with one attached hydrogen (secondary N) is 1. The van der Waals surface area contributed by atoms with E-state index in [1.165, 1.54) is 12.8 Å². The van der Waals surface area contributed by atoms with Gasteiger partial charge in [0.1, 0.15) is 4.90 Å². The Morgan fingerprint density at radius 3 is 2.38 bits per heavy atom. The molecule has 1 aliphatic rings. The van der Waals surface area contributed by atoms with Gasteiger partial charge in [-0.05, 0) is 43.6 Å². The van der Waals surface area contributed by atoms with Crippen molar-refractivity contribution in [2.75, 3.05) is 19.6 Å². The van der Waals surface area contributed by atoms with Crippen LogP contribution < -0.4 is 4.72 Å². The molecule has 1 N–H and O–H groups in total. The standard InChI is InChI=1S/C23H27N3O2S/c27-29(28,22-14-8-12-20-13-9-15-24-23(20)22)25-18-21(19-10-4-3-5-11-19)26-16-6-1-2-7-17-26/h3-5,8-15,21,25H,1-2,6-7,16-18H2. The Labute approximate surface area is 172 Å². The Morgan fingerprint density at radius 1 is 0.897 bits per heavy atom. The lowest BCUT2D eigenvalue weighted by Gasteiger charge is -2.31. The van der Waals surface area contributed by atoms with Gasteiger partial charge in [0.05, 0.1) is 5.52 Å². The van der Waals surface area contributed by atoms with Crippen LogP contribution >= 0.6 is 0 Å². The lowest BCUT2D eigenvalue weighted by Crippen LogP contribution is -2.38. The molecule has 0 saturated carbocycles. The van der Waals surface area contributed by atoms with Crippen LogP contribution in [0.4, 0.5) is 0 Å². The third kappa shape index (κ3) is 4.66. The Kier molecular flexibility index (Phi) is 6.23. The molecule has 1 atom stereocenters. The number of rotatable bonds is 6. The SMILES string of the molecule is O=S(=O)(NCC(c1ccccc1)N1CCCCCC1)c1cccc2cccnc12. The van der Waals surface area contributed by atoms with Gasteiger partial charge in [-0.1, -0.05) is 61.4 Å². The highest BCUT2D eigenvalue weighted by Gasteiger charge is 2.25. The zero-order valence-electron chi connectivity index (χ0n) is 16.5. The number of aromatic nitrogens is 1. The normalized spacial score (nSPS) is 17.1.